The van der Waals surface area contributed by atoms with E-state index < -0.39 is 5.60 Å². The number of carbonyl (C=O) groups excluding carboxylic acids is 2. The number of halogens is 1. The van der Waals surface area contributed by atoms with Gasteiger partial charge < -0.3 is 15.0 Å². The quantitative estimate of drug-likeness (QED) is 0.621. The molecule has 2 aromatic rings. The molecule has 1 saturated carbocycles. The van der Waals surface area contributed by atoms with Crippen LogP contribution < -0.4 is 5.32 Å². The fraction of sp³-hybridized carbons (Fsp3) is 0.526. The largest absolute Gasteiger partial charge is 0.458 e. The standard InChI is InChI=1S/C19H22ClN3O3/c20-12-5-6-14-15(10-12)23-16(22-14)4-3-9-21-18(25)13-11-17(24)26-19(13)7-1-2-8-19/h5-6,10,13H,1-4,7-9,11H2,(H,21,25)(H,22,23)/t13-/m0/s1. The van der Waals surface area contributed by atoms with Gasteiger partial charge in [-0.25, -0.2) is 4.98 Å². The molecule has 1 amide bonds. The maximum atomic E-state index is 12.6. The molecule has 138 valence electrons. The minimum absolute atomic E-state index is 0.0610. The van der Waals surface area contributed by atoms with Gasteiger partial charge in [0.1, 0.15) is 11.4 Å². The van der Waals surface area contributed by atoms with E-state index in [1.165, 1.54) is 0 Å². The maximum absolute atomic E-state index is 12.6. The Bertz CT molecular complexity index is 842. The van der Waals surface area contributed by atoms with Crippen molar-refractivity contribution in [2.24, 2.45) is 5.92 Å². The number of fused-ring (bicyclic) bond motifs is 1. The van der Waals surface area contributed by atoms with E-state index in [4.69, 9.17) is 16.3 Å². The van der Waals surface area contributed by atoms with Gasteiger partial charge in [-0.15, -0.1) is 0 Å². The zero-order valence-electron chi connectivity index (χ0n) is 14.5. The molecule has 6 nitrogen and oxygen atoms in total. The summed E-state index contributed by atoms with van der Waals surface area (Å²) < 4.78 is 5.54. The number of hydrogen-bond donors (Lipinski definition) is 2. The van der Waals surface area contributed by atoms with Gasteiger partial charge in [-0.05, 0) is 50.3 Å². The smallest absolute Gasteiger partial charge is 0.307 e. The van der Waals surface area contributed by atoms with E-state index in [1.807, 2.05) is 18.2 Å². The molecular formula is C19H22ClN3O3. The number of carbonyl (C=O) groups is 2. The normalized spacial score (nSPS) is 21.4. The van der Waals surface area contributed by atoms with Crippen molar-refractivity contribution in [3.63, 3.8) is 0 Å². The predicted octanol–water partition coefficient (Wildman–Crippen LogP) is 3.14. The van der Waals surface area contributed by atoms with Crippen molar-refractivity contribution in [2.45, 2.75) is 50.5 Å². The number of aromatic nitrogens is 2. The summed E-state index contributed by atoms with van der Waals surface area (Å²) in [6.45, 7) is 0.553. The van der Waals surface area contributed by atoms with Crippen molar-refractivity contribution in [2.75, 3.05) is 6.54 Å². The van der Waals surface area contributed by atoms with Gasteiger partial charge in [0, 0.05) is 18.0 Å². The first-order chi connectivity index (χ1) is 12.6. The maximum Gasteiger partial charge on any atom is 0.307 e. The fourth-order valence-corrected chi connectivity index (χ4v) is 4.36. The number of aryl methyl sites for hydroxylation is 1. The highest BCUT2D eigenvalue weighted by Gasteiger charge is 2.53. The third-order valence-corrected chi connectivity index (χ3v) is 5.71. The van der Waals surface area contributed by atoms with Crippen LogP contribution in [0.2, 0.25) is 5.02 Å². The Morgan fingerprint density at radius 1 is 1.38 bits per heavy atom. The van der Waals surface area contributed by atoms with E-state index in [-0.39, 0.29) is 24.2 Å². The number of hydrogen-bond acceptors (Lipinski definition) is 4. The Kier molecular flexibility index (Phi) is 4.61. The molecule has 0 unspecified atom stereocenters. The average molecular weight is 376 g/mol. The highest BCUT2D eigenvalue weighted by atomic mass is 35.5. The molecule has 2 aliphatic rings. The summed E-state index contributed by atoms with van der Waals surface area (Å²) in [4.78, 5) is 32.1. The SMILES string of the molecule is O=C1C[C@@H](C(=O)NCCCc2nc3ccc(Cl)cc3[nH]2)C2(CCCC2)O1. The van der Waals surface area contributed by atoms with Crippen LogP contribution in [0.25, 0.3) is 11.0 Å². The van der Waals surface area contributed by atoms with Gasteiger partial charge in [0.2, 0.25) is 5.91 Å². The van der Waals surface area contributed by atoms with Crippen LogP contribution >= 0.6 is 11.6 Å². The van der Waals surface area contributed by atoms with Crippen molar-refractivity contribution in [3.8, 4) is 0 Å². The van der Waals surface area contributed by atoms with Crippen LogP contribution in [-0.4, -0.2) is 34.0 Å². The zero-order chi connectivity index (χ0) is 18.1. The van der Waals surface area contributed by atoms with E-state index in [9.17, 15) is 9.59 Å². The van der Waals surface area contributed by atoms with Crippen molar-refractivity contribution in [3.05, 3.63) is 29.0 Å². The average Bonchev–Trinajstić information content (AvgIpc) is 3.30. The van der Waals surface area contributed by atoms with E-state index in [0.717, 1.165) is 55.4 Å². The number of esters is 1. The number of nitrogens with zero attached hydrogens (tertiary/aromatic N) is 1. The minimum Gasteiger partial charge on any atom is -0.458 e. The van der Waals surface area contributed by atoms with Crippen molar-refractivity contribution >= 4 is 34.5 Å². The molecule has 1 aliphatic carbocycles. The topological polar surface area (TPSA) is 84.1 Å². The molecule has 7 heteroatoms. The molecule has 0 bridgehead atoms. The first-order valence-electron chi connectivity index (χ1n) is 9.19. The number of ether oxygens (including phenoxy) is 1. The number of imidazole rings is 1. The Labute approximate surface area is 156 Å². The lowest BCUT2D eigenvalue weighted by Crippen LogP contribution is -2.43. The van der Waals surface area contributed by atoms with Crippen molar-refractivity contribution in [1.29, 1.82) is 0 Å². The van der Waals surface area contributed by atoms with E-state index >= 15 is 0 Å². The fourth-order valence-electron chi connectivity index (χ4n) is 4.19. The summed E-state index contributed by atoms with van der Waals surface area (Å²) in [6.07, 6.45) is 5.36. The third kappa shape index (κ3) is 3.30. The van der Waals surface area contributed by atoms with Crippen LogP contribution in [0, 0.1) is 5.92 Å². The molecule has 26 heavy (non-hydrogen) atoms. The number of nitrogens with one attached hydrogen (secondary N) is 2. The molecule has 2 heterocycles. The van der Waals surface area contributed by atoms with Crippen LogP contribution in [0.1, 0.15) is 44.3 Å². The van der Waals surface area contributed by atoms with Crippen molar-refractivity contribution in [1.82, 2.24) is 15.3 Å². The van der Waals surface area contributed by atoms with Crippen LogP contribution in [-0.2, 0) is 20.7 Å². The van der Waals surface area contributed by atoms with Gasteiger partial charge in [0.05, 0.1) is 23.4 Å². The lowest BCUT2D eigenvalue weighted by Gasteiger charge is -2.27. The molecule has 4 rings (SSSR count). The molecule has 1 aromatic carbocycles. The van der Waals surface area contributed by atoms with E-state index in [1.54, 1.807) is 0 Å². The van der Waals surface area contributed by atoms with Gasteiger partial charge >= 0.3 is 5.97 Å². The van der Waals surface area contributed by atoms with Crippen LogP contribution in [0.15, 0.2) is 18.2 Å². The highest BCUT2D eigenvalue weighted by molar-refractivity contribution is 6.31. The Balaban J connectivity index is 1.30. The van der Waals surface area contributed by atoms with Gasteiger partial charge in [-0.3, -0.25) is 9.59 Å². The summed E-state index contributed by atoms with van der Waals surface area (Å²) in [7, 11) is 0. The first kappa shape index (κ1) is 17.3. The molecule has 1 spiro atoms. The molecular weight excluding hydrogens is 354 g/mol. The molecule has 2 N–H and O–H groups in total. The van der Waals surface area contributed by atoms with Gasteiger partial charge in [-0.2, -0.15) is 0 Å². The Morgan fingerprint density at radius 2 is 2.19 bits per heavy atom. The Hall–Kier alpha value is -2.08. The van der Waals surface area contributed by atoms with E-state index in [2.05, 4.69) is 15.3 Å². The predicted molar refractivity (Wildman–Crippen MR) is 97.8 cm³/mol. The molecule has 1 saturated heterocycles. The Morgan fingerprint density at radius 3 is 3.00 bits per heavy atom. The molecule has 1 aromatic heterocycles. The summed E-state index contributed by atoms with van der Waals surface area (Å²) in [5, 5.41) is 3.65. The van der Waals surface area contributed by atoms with Crippen LogP contribution in [0.4, 0.5) is 0 Å². The van der Waals surface area contributed by atoms with Gasteiger partial charge in [-0.1, -0.05) is 11.6 Å². The van der Waals surface area contributed by atoms with Crippen LogP contribution in [0.3, 0.4) is 0 Å². The lowest BCUT2D eigenvalue weighted by atomic mass is 9.85. The monoisotopic (exact) mass is 375 g/mol. The summed E-state index contributed by atoms with van der Waals surface area (Å²) >= 11 is 5.98. The number of amides is 1. The number of benzene rings is 1. The molecule has 1 aliphatic heterocycles. The van der Waals surface area contributed by atoms with Crippen LogP contribution in [0.5, 0.6) is 0 Å². The van der Waals surface area contributed by atoms with Gasteiger partial charge in [0.15, 0.2) is 0 Å². The summed E-state index contributed by atoms with van der Waals surface area (Å²) in [6, 6.07) is 5.56. The van der Waals surface area contributed by atoms with E-state index in [0.29, 0.717) is 11.6 Å². The molecule has 1 atom stereocenters. The first-order valence-corrected chi connectivity index (χ1v) is 9.57. The number of H-pyrrole nitrogens is 1. The summed E-state index contributed by atoms with van der Waals surface area (Å²) in [5.41, 5.74) is 1.26. The third-order valence-electron chi connectivity index (χ3n) is 5.47. The molecule has 0 radical (unpaired) electrons. The van der Waals surface area contributed by atoms with Gasteiger partial charge in [0.25, 0.3) is 0 Å². The zero-order valence-corrected chi connectivity index (χ0v) is 15.3. The highest BCUT2D eigenvalue weighted by Crippen LogP contribution is 2.45. The second-order valence-electron chi connectivity index (χ2n) is 7.24. The molecule has 2 fully saturated rings. The number of rotatable bonds is 5. The second-order valence-corrected chi connectivity index (χ2v) is 7.68. The number of aromatic amines is 1. The minimum atomic E-state index is -0.542. The van der Waals surface area contributed by atoms with Crippen molar-refractivity contribution < 1.29 is 14.3 Å². The lowest BCUT2D eigenvalue weighted by molar-refractivity contribution is -0.149. The second kappa shape index (κ2) is 6.91. The summed E-state index contributed by atoms with van der Waals surface area (Å²) in [5.74, 6) is 0.233.